The van der Waals surface area contributed by atoms with Crippen molar-refractivity contribution >= 4 is 29.2 Å². The number of esters is 1. The summed E-state index contributed by atoms with van der Waals surface area (Å²) < 4.78 is 4.66. The third kappa shape index (κ3) is 3.94. The minimum Gasteiger partial charge on any atom is -0.465 e. The smallest absolute Gasteiger partial charge is 0.337 e. The molecular formula is C22H20N4O3. The van der Waals surface area contributed by atoms with Crippen molar-refractivity contribution in [1.29, 1.82) is 0 Å². The summed E-state index contributed by atoms with van der Waals surface area (Å²) in [7, 11) is 1.32. The second kappa shape index (κ2) is 8.10. The van der Waals surface area contributed by atoms with Gasteiger partial charge in [0.25, 0.3) is 5.91 Å². The number of nitrogens with zero attached hydrogens (tertiary/aromatic N) is 3. The first-order chi connectivity index (χ1) is 14.2. The van der Waals surface area contributed by atoms with Crippen molar-refractivity contribution in [1.82, 2.24) is 9.97 Å². The first kappa shape index (κ1) is 18.6. The van der Waals surface area contributed by atoms with Gasteiger partial charge in [-0.15, -0.1) is 0 Å². The highest BCUT2D eigenvalue weighted by atomic mass is 16.5. The number of hydrogen-bond acceptors (Lipinski definition) is 6. The Balaban J connectivity index is 1.47. The van der Waals surface area contributed by atoms with E-state index >= 15 is 0 Å². The third-order valence-corrected chi connectivity index (χ3v) is 4.82. The van der Waals surface area contributed by atoms with E-state index in [1.807, 2.05) is 12.1 Å². The molecule has 1 aliphatic heterocycles. The van der Waals surface area contributed by atoms with Crippen molar-refractivity contribution in [3.05, 3.63) is 77.6 Å². The Morgan fingerprint density at radius 2 is 1.72 bits per heavy atom. The summed E-state index contributed by atoms with van der Waals surface area (Å²) in [6.45, 7) is 0.842. The molecule has 7 heteroatoms. The Kier molecular flexibility index (Phi) is 5.20. The van der Waals surface area contributed by atoms with E-state index in [0.717, 1.165) is 25.1 Å². The van der Waals surface area contributed by atoms with Gasteiger partial charge in [0.15, 0.2) is 0 Å². The number of para-hydroxylation sites is 1. The van der Waals surface area contributed by atoms with Gasteiger partial charge in [0, 0.05) is 30.3 Å². The molecule has 0 atom stereocenters. The number of nitrogens with one attached hydrogen (secondary N) is 1. The van der Waals surface area contributed by atoms with Gasteiger partial charge in [-0.25, -0.2) is 14.8 Å². The van der Waals surface area contributed by atoms with Crippen LogP contribution in [-0.4, -0.2) is 35.5 Å². The molecular weight excluding hydrogens is 368 g/mol. The van der Waals surface area contributed by atoms with E-state index in [1.54, 1.807) is 24.3 Å². The zero-order valence-electron chi connectivity index (χ0n) is 16.0. The van der Waals surface area contributed by atoms with Crippen LogP contribution in [0.2, 0.25) is 0 Å². The van der Waals surface area contributed by atoms with Crippen molar-refractivity contribution in [3.63, 3.8) is 0 Å². The molecule has 0 unspecified atom stereocenters. The summed E-state index contributed by atoms with van der Waals surface area (Å²) in [5.41, 5.74) is 3.73. The predicted molar refractivity (Wildman–Crippen MR) is 110 cm³/mol. The van der Waals surface area contributed by atoms with Crippen LogP contribution in [0.15, 0.2) is 60.9 Å². The van der Waals surface area contributed by atoms with E-state index in [-0.39, 0.29) is 5.91 Å². The number of benzene rings is 2. The molecule has 1 aliphatic rings. The van der Waals surface area contributed by atoms with Gasteiger partial charge >= 0.3 is 5.97 Å². The lowest BCUT2D eigenvalue weighted by molar-refractivity contribution is 0.0600. The van der Waals surface area contributed by atoms with E-state index in [1.165, 1.54) is 25.1 Å². The zero-order chi connectivity index (χ0) is 20.2. The molecule has 0 aliphatic carbocycles. The number of ether oxygens (including phenoxy) is 1. The number of hydrogen-bond donors (Lipinski definition) is 1. The lowest BCUT2D eigenvalue weighted by Gasteiger charge is -2.29. The number of carbonyl (C=O) groups is 2. The monoisotopic (exact) mass is 388 g/mol. The first-order valence-electron chi connectivity index (χ1n) is 9.33. The molecule has 146 valence electrons. The molecule has 0 saturated carbocycles. The second-order valence-corrected chi connectivity index (χ2v) is 6.68. The van der Waals surface area contributed by atoms with E-state index in [9.17, 15) is 9.59 Å². The summed E-state index contributed by atoms with van der Waals surface area (Å²) in [6.07, 6.45) is 5.13. The number of anilines is 3. The van der Waals surface area contributed by atoms with Crippen LogP contribution in [0, 0.1) is 0 Å². The molecule has 0 fully saturated rings. The maximum absolute atomic E-state index is 12.5. The summed E-state index contributed by atoms with van der Waals surface area (Å²) in [5.74, 6) is -0.163. The molecule has 1 aromatic heterocycles. The SMILES string of the molecule is COC(=O)c1ccc(NC(=O)c2cnc(N3CCCc4ccccc43)nc2)cc1. The van der Waals surface area contributed by atoms with Gasteiger partial charge in [-0.05, 0) is 48.7 Å². The summed E-state index contributed by atoms with van der Waals surface area (Å²) in [4.78, 5) is 34.8. The molecule has 4 rings (SSSR count). The molecule has 0 radical (unpaired) electrons. The number of carbonyl (C=O) groups excluding carboxylic acids is 2. The van der Waals surface area contributed by atoms with Crippen molar-refractivity contribution in [2.75, 3.05) is 23.9 Å². The molecule has 3 aromatic rings. The summed E-state index contributed by atoms with van der Waals surface area (Å²) in [6, 6.07) is 14.7. The highest BCUT2D eigenvalue weighted by Gasteiger charge is 2.20. The fourth-order valence-electron chi connectivity index (χ4n) is 3.33. The van der Waals surface area contributed by atoms with E-state index in [2.05, 4.69) is 37.1 Å². The molecule has 29 heavy (non-hydrogen) atoms. The maximum Gasteiger partial charge on any atom is 0.337 e. The number of fused-ring (bicyclic) bond motifs is 1. The molecule has 0 spiro atoms. The van der Waals surface area contributed by atoms with Crippen LogP contribution in [0.1, 0.15) is 32.7 Å². The lowest BCUT2D eigenvalue weighted by atomic mass is 10.0. The molecule has 0 bridgehead atoms. The largest absolute Gasteiger partial charge is 0.465 e. The van der Waals surface area contributed by atoms with Crippen LogP contribution in [0.5, 0.6) is 0 Å². The van der Waals surface area contributed by atoms with Crippen molar-refractivity contribution in [3.8, 4) is 0 Å². The average Bonchev–Trinajstić information content (AvgIpc) is 2.78. The Hall–Kier alpha value is -3.74. The van der Waals surface area contributed by atoms with Crippen LogP contribution in [0.4, 0.5) is 17.3 Å². The number of methoxy groups -OCH3 is 1. The minimum atomic E-state index is -0.425. The zero-order valence-corrected chi connectivity index (χ0v) is 16.0. The number of aromatic nitrogens is 2. The van der Waals surface area contributed by atoms with Gasteiger partial charge in [0.2, 0.25) is 5.95 Å². The number of amides is 1. The van der Waals surface area contributed by atoms with Gasteiger partial charge in [-0.2, -0.15) is 0 Å². The third-order valence-electron chi connectivity index (χ3n) is 4.82. The van der Waals surface area contributed by atoms with Crippen LogP contribution in [0.3, 0.4) is 0 Å². The Morgan fingerprint density at radius 1 is 1.00 bits per heavy atom. The summed E-state index contributed by atoms with van der Waals surface area (Å²) in [5, 5.41) is 2.77. The molecule has 2 aromatic carbocycles. The Morgan fingerprint density at radius 3 is 2.45 bits per heavy atom. The lowest BCUT2D eigenvalue weighted by Crippen LogP contribution is -2.26. The van der Waals surface area contributed by atoms with Gasteiger partial charge in [-0.1, -0.05) is 18.2 Å². The molecule has 7 nitrogen and oxygen atoms in total. The van der Waals surface area contributed by atoms with Crippen LogP contribution in [0.25, 0.3) is 0 Å². The quantitative estimate of drug-likeness (QED) is 0.688. The van der Waals surface area contributed by atoms with Crippen molar-refractivity contribution in [2.24, 2.45) is 0 Å². The highest BCUT2D eigenvalue weighted by Crippen LogP contribution is 2.31. The van der Waals surface area contributed by atoms with Crippen molar-refractivity contribution < 1.29 is 14.3 Å². The van der Waals surface area contributed by atoms with Crippen LogP contribution in [-0.2, 0) is 11.2 Å². The first-order valence-corrected chi connectivity index (χ1v) is 9.33. The average molecular weight is 388 g/mol. The molecule has 1 amide bonds. The van der Waals surface area contributed by atoms with E-state index in [4.69, 9.17) is 0 Å². The standard InChI is InChI=1S/C22H20N4O3/c1-29-21(28)16-8-10-18(11-9-16)25-20(27)17-13-23-22(24-14-17)26-12-4-6-15-5-2-3-7-19(15)26/h2-3,5,7-11,13-14H,4,6,12H2,1H3,(H,25,27). The van der Waals surface area contributed by atoms with Gasteiger partial charge in [0.1, 0.15) is 0 Å². The summed E-state index contributed by atoms with van der Waals surface area (Å²) >= 11 is 0. The number of rotatable bonds is 4. The Bertz CT molecular complexity index is 1030. The van der Waals surface area contributed by atoms with E-state index in [0.29, 0.717) is 22.8 Å². The second-order valence-electron chi connectivity index (χ2n) is 6.68. The predicted octanol–water partition coefficient (Wildman–Crippen LogP) is 3.60. The Labute approximate surface area is 168 Å². The van der Waals surface area contributed by atoms with Crippen LogP contribution >= 0.6 is 0 Å². The highest BCUT2D eigenvalue weighted by molar-refractivity contribution is 6.04. The van der Waals surface area contributed by atoms with Gasteiger partial charge in [0.05, 0.1) is 18.2 Å². The fourth-order valence-corrected chi connectivity index (χ4v) is 3.33. The normalized spacial score (nSPS) is 12.8. The molecule has 1 N–H and O–H groups in total. The number of aryl methyl sites for hydroxylation is 1. The topological polar surface area (TPSA) is 84.4 Å². The maximum atomic E-state index is 12.5. The van der Waals surface area contributed by atoms with E-state index < -0.39 is 5.97 Å². The molecule has 2 heterocycles. The van der Waals surface area contributed by atoms with Gasteiger partial charge in [-0.3, -0.25) is 4.79 Å². The fraction of sp³-hybridized carbons (Fsp3) is 0.182. The van der Waals surface area contributed by atoms with Gasteiger partial charge < -0.3 is 15.0 Å². The van der Waals surface area contributed by atoms with Crippen LogP contribution < -0.4 is 10.2 Å². The molecule has 0 saturated heterocycles. The van der Waals surface area contributed by atoms with Crippen molar-refractivity contribution in [2.45, 2.75) is 12.8 Å². The minimum absolute atomic E-state index is 0.318.